The molecule has 0 spiro atoms. The SMILES string of the molecule is O=C(C1=C(O)C(=O)N(Cc2ccc(F)cc2)C1c1ccncc1)c1ccco1. The Balaban J connectivity index is 1.77. The summed E-state index contributed by atoms with van der Waals surface area (Å²) in [5.41, 5.74) is 1.21. The molecular weight excluding hydrogens is 363 g/mol. The maximum Gasteiger partial charge on any atom is 0.290 e. The van der Waals surface area contributed by atoms with E-state index in [2.05, 4.69) is 4.98 Å². The summed E-state index contributed by atoms with van der Waals surface area (Å²) in [6, 6.07) is 11.2. The van der Waals surface area contributed by atoms with Gasteiger partial charge in [0, 0.05) is 18.9 Å². The van der Waals surface area contributed by atoms with E-state index in [1.165, 1.54) is 29.4 Å². The molecule has 1 unspecified atom stereocenters. The van der Waals surface area contributed by atoms with E-state index in [0.29, 0.717) is 11.1 Å². The number of hydrogen-bond acceptors (Lipinski definition) is 5. The molecule has 28 heavy (non-hydrogen) atoms. The summed E-state index contributed by atoms with van der Waals surface area (Å²) in [6.07, 6.45) is 4.43. The van der Waals surface area contributed by atoms with E-state index in [1.807, 2.05) is 0 Å². The number of aliphatic hydroxyl groups is 1. The summed E-state index contributed by atoms with van der Waals surface area (Å²) in [6.45, 7) is 0.0884. The highest BCUT2D eigenvalue weighted by atomic mass is 19.1. The molecule has 3 heterocycles. The Kier molecular flexibility index (Phi) is 4.49. The van der Waals surface area contributed by atoms with Crippen molar-refractivity contribution in [1.82, 2.24) is 9.88 Å². The highest BCUT2D eigenvalue weighted by Crippen LogP contribution is 2.39. The van der Waals surface area contributed by atoms with Gasteiger partial charge in [0.2, 0.25) is 5.78 Å². The van der Waals surface area contributed by atoms with Gasteiger partial charge in [0.05, 0.1) is 17.9 Å². The maximum absolute atomic E-state index is 13.2. The van der Waals surface area contributed by atoms with Crippen LogP contribution in [-0.2, 0) is 11.3 Å². The lowest BCUT2D eigenvalue weighted by molar-refractivity contribution is -0.130. The first kappa shape index (κ1) is 17.7. The van der Waals surface area contributed by atoms with Gasteiger partial charge in [0.15, 0.2) is 11.5 Å². The normalized spacial score (nSPS) is 16.7. The molecule has 0 bridgehead atoms. The molecule has 1 aliphatic rings. The number of aliphatic hydroxyl groups excluding tert-OH is 1. The molecule has 7 heteroatoms. The highest BCUT2D eigenvalue weighted by molar-refractivity contribution is 6.14. The Labute approximate surface area is 159 Å². The predicted molar refractivity (Wildman–Crippen MR) is 96.6 cm³/mol. The molecule has 0 radical (unpaired) electrons. The quantitative estimate of drug-likeness (QED) is 0.686. The molecule has 0 saturated heterocycles. The number of furan rings is 1. The molecule has 1 N–H and O–H groups in total. The van der Waals surface area contributed by atoms with Crippen molar-refractivity contribution in [3.63, 3.8) is 0 Å². The number of nitrogens with zero attached hydrogens (tertiary/aromatic N) is 2. The monoisotopic (exact) mass is 378 g/mol. The predicted octanol–water partition coefficient (Wildman–Crippen LogP) is 3.59. The molecule has 4 rings (SSSR count). The van der Waals surface area contributed by atoms with Crippen LogP contribution in [0.2, 0.25) is 0 Å². The van der Waals surface area contributed by atoms with Crippen LogP contribution in [0.5, 0.6) is 0 Å². The van der Waals surface area contributed by atoms with Crippen molar-refractivity contribution in [2.24, 2.45) is 0 Å². The first-order valence-corrected chi connectivity index (χ1v) is 8.53. The van der Waals surface area contributed by atoms with Gasteiger partial charge in [0.25, 0.3) is 5.91 Å². The average molecular weight is 378 g/mol. The molecule has 0 saturated carbocycles. The number of rotatable bonds is 5. The number of benzene rings is 1. The lowest BCUT2D eigenvalue weighted by Crippen LogP contribution is -2.30. The Hall–Kier alpha value is -3.74. The molecule has 1 atom stereocenters. The van der Waals surface area contributed by atoms with Crippen molar-refractivity contribution >= 4 is 11.7 Å². The highest BCUT2D eigenvalue weighted by Gasteiger charge is 2.44. The van der Waals surface area contributed by atoms with Crippen LogP contribution in [0.4, 0.5) is 4.39 Å². The van der Waals surface area contributed by atoms with Gasteiger partial charge in [-0.05, 0) is 47.5 Å². The summed E-state index contributed by atoms with van der Waals surface area (Å²) in [5, 5.41) is 10.5. The van der Waals surface area contributed by atoms with Gasteiger partial charge >= 0.3 is 0 Å². The Morgan fingerprint density at radius 1 is 1.14 bits per heavy atom. The van der Waals surface area contributed by atoms with E-state index in [-0.39, 0.29) is 17.9 Å². The minimum atomic E-state index is -0.821. The zero-order valence-electron chi connectivity index (χ0n) is 14.6. The standard InChI is InChI=1S/C21H15FN2O4/c22-15-5-3-13(4-6-15)12-24-18(14-7-9-23-10-8-14)17(20(26)21(24)27)19(25)16-2-1-11-28-16/h1-11,18,26H,12H2. The van der Waals surface area contributed by atoms with Crippen molar-refractivity contribution in [3.8, 4) is 0 Å². The molecule has 1 aromatic carbocycles. The van der Waals surface area contributed by atoms with Crippen LogP contribution in [0.3, 0.4) is 0 Å². The summed E-state index contributed by atoms with van der Waals surface area (Å²) in [7, 11) is 0. The molecule has 2 aromatic heterocycles. The van der Waals surface area contributed by atoms with Gasteiger partial charge in [-0.1, -0.05) is 12.1 Å². The van der Waals surface area contributed by atoms with Gasteiger partial charge in [-0.2, -0.15) is 0 Å². The number of carbonyl (C=O) groups is 2. The number of aromatic nitrogens is 1. The minimum Gasteiger partial charge on any atom is -0.503 e. The van der Waals surface area contributed by atoms with E-state index in [1.54, 1.807) is 42.7 Å². The number of hydrogen-bond donors (Lipinski definition) is 1. The molecule has 1 amide bonds. The Bertz CT molecular complexity index is 1040. The van der Waals surface area contributed by atoms with Crippen LogP contribution in [0.15, 0.2) is 82.9 Å². The largest absolute Gasteiger partial charge is 0.503 e. The molecule has 6 nitrogen and oxygen atoms in total. The van der Waals surface area contributed by atoms with Crippen molar-refractivity contribution in [1.29, 1.82) is 0 Å². The van der Waals surface area contributed by atoms with Crippen LogP contribution in [0.25, 0.3) is 0 Å². The molecule has 0 aliphatic carbocycles. The van der Waals surface area contributed by atoms with E-state index in [4.69, 9.17) is 4.42 Å². The average Bonchev–Trinajstić information content (AvgIpc) is 3.33. The Morgan fingerprint density at radius 2 is 1.86 bits per heavy atom. The lowest BCUT2D eigenvalue weighted by atomic mass is 9.95. The Morgan fingerprint density at radius 3 is 2.50 bits per heavy atom. The van der Waals surface area contributed by atoms with Crippen LogP contribution >= 0.6 is 0 Å². The number of carbonyl (C=O) groups excluding carboxylic acids is 2. The van der Waals surface area contributed by atoms with Crippen molar-refractivity contribution < 1.29 is 23.5 Å². The second-order valence-electron chi connectivity index (χ2n) is 6.31. The van der Waals surface area contributed by atoms with Gasteiger partial charge in [-0.15, -0.1) is 0 Å². The van der Waals surface area contributed by atoms with E-state index < -0.39 is 29.3 Å². The van der Waals surface area contributed by atoms with E-state index in [0.717, 1.165) is 0 Å². The van der Waals surface area contributed by atoms with Gasteiger partial charge < -0.3 is 14.4 Å². The third-order valence-corrected chi connectivity index (χ3v) is 4.58. The van der Waals surface area contributed by atoms with Crippen LogP contribution in [-0.4, -0.2) is 26.7 Å². The molecule has 1 aliphatic heterocycles. The van der Waals surface area contributed by atoms with Gasteiger partial charge in [-0.25, -0.2) is 4.39 Å². The lowest BCUT2D eigenvalue weighted by Gasteiger charge is -2.26. The number of ketones is 1. The molecule has 3 aromatic rings. The van der Waals surface area contributed by atoms with Gasteiger partial charge in [-0.3, -0.25) is 14.6 Å². The number of Topliss-reactive ketones (excluding diaryl/α,β-unsaturated/α-hetero) is 1. The minimum absolute atomic E-state index is 0.0250. The van der Waals surface area contributed by atoms with Gasteiger partial charge in [0.1, 0.15) is 5.82 Å². The maximum atomic E-state index is 13.2. The number of pyridine rings is 1. The van der Waals surface area contributed by atoms with Crippen molar-refractivity contribution in [2.75, 3.05) is 0 Å². The van der Waals surface area contributed by atoms with E-state index >= 15 is 0 Å². The fourth-order valence-corrected chi connectivity index (χ4v) is 3.27. The molecule has 0 fully saturated rings. The number of amides is 1. The summed E-state index contributed by atoms with van der Waals surface area (Å²) < 4.78 is 18.4. The first-order chi connectivity index (χ1) is 13.6. The van der Waals surface area contributed by atoms with Crippen molar-refractivity contribution in [2.45, 2.75) is 12.6 Å². The summed E-state index contributed by atoms with van der Waals surface area (Å²) in [5.74, 6) is -2.24. The fraction of sp³-hybridized carbons (Fsp3) is 0.0952. The third-order valence-electron chi connectivity index (χ3n) is 4.58. The van der Waals surface area contributed by atoms with Crippen LogP contribution in [0, 0.1) is 5.82 Å². The zero-order chi connectivity index (χ0) is 19.7. The summed E-state index contributed by atoms with van der Waals surface area (Å²) >= 11 is 0. The zero-order valence-corrected chi connectivity index (χ0v) is 14.6. The molecule has 140 valence electrons. The fourth-order valence-electron chi connectivity index (χ4n) is 3.27. The third kappa shape index (κ3) is 3.07. The van der Waals surface area contributed by atoms with Crippen LogP contribution < -0.4 is 0 Å². The number of halogens is 1. The smallest absolute Gasteiger partial charge is 0.290 e. The second-order valence-corrected chi connectivity index (χ2v) is 6.31. The topological polar surface area (TPSA) is 83.6 Å². The van der Waals surface area contributed by atoms with Crippen LogP contribution in [0.1, 0.15) is 27.7 Å². The van der Waals surface area contributed by atoms with E-state index in [9.17, 15) is 19.1 Å². The van der Waals surface area contributed by atoms with Crippen molar-refractivity contribution in [3.05, 3.63) is 101 Å². The first-order valence-electron chi connectivity index (χ1n) is 8.53. The summed E-state index contributed by atoms with van der Waals surface area (Å²) in [4.78, 5) is 31.1. The molecular formula is C21H15FN2O4. The second kappa shape index (κ2) is 7.11.